The number of amides is 1. The Balaban J connectivity index is 2.01. The molecule has 6 nitrogen and oxygen atoms in total. The van der Waals surface area contributed by atoms with Gasteiger partial charge in [0, 0.05) is 5.54 Å². The molecule has 1 aliphatic rings. The van der Waals surface area contributed by atoms with Crippen molar-refractivity contribution in [3.8, 4) is 0 Å². The zero-order chi connectivity index (χ0) is 11.6. The van der Waals surface area contributed by atoms with Gasteiger partial charge in [-0.15, -0.1) is 5.10 Å². The van der Waals surface area contributed by atoms with E-state index in [2.05, 4.69) is 32.7 Å². The Labute approximate surface area is 94.2 Å². The van der Waals surface area contributed by atoms with Crippen molar-refractivity contribution in [1.82, 2.24) is 25.8 Å². The van der Waals surface area contributed by atoms with E-state index < -0.39 is 0 Å². The number of aromatic nitrogens is 3. The number of aromatic amines is 1. The number of carbonyl (C=O) groups is 1. The number of hydrogen-bond donors (Lipinski definition) is 3. The number of carbonyl (C=O) groups excluding carboxylic acids is 1. The fraction of sp³-hybridized carbons (Fsp3) is 0.700. The second-order valence-corrected chi connectivity index (χ2v) is 4.51. The van der Waals surface area contributed by atoms with Crippen LogP contribution in [0.4, 0.5) is 0 Å². The molecule has 0 aromatic carbocycles. The monoisotopic (exact) mass is 223 g/mol. The summed E-state index contributed by atoms with van der Waals surface area (Å²) in [4.78, 5) is 15.9. The summed E-state index contributed by atoms with van der Waals surface area (Å²) < 4.78 is 0. The van der Waals surface area contributed by atoms with Gasteiger partial charge in [-0.2, -0.15) is 0 Å². The molecule has 0 aliphatic carbocycles. The molecule has 0 spiro atoms. The molecule has 88 valence electrons. The second-order valence-electron chi connectivity index (χ2n) is 4.51. The maximum Gasteiger partial charge on any atom is 0.291 e. The van der Waals surface area contributed by atoms with E-state index in [0.717, 1.165) is 25.9 Å². The molecule has 2 rings (SSSR count). The lowest BCUT2D eigenvalue weighted by molar-refractivity contribution is 0.0877. The summed E-state index contributed by atoms with van der Waals surface area (Å²) in [6, 6.07) is 0. The third-order valence-electron chi connectivity index (χ3n) is 2.92. The third kappa shape index (κ3) is 2.38. The molecule has 1 amide bonds. The first-order chi connectivity index (χ1) is 7.59. The molecular formula is C10H17N5O. The van der Waals surface area contributed by atoms with Gasteiger partial charge in [-0.1, -0.05) is 0 Å². The normalized spacial score (nSPS) is 19.4. The second kappa shape index (κ2) is 4.21. The molecule has 0 unspecified atom stereocenters. The molecule has 1 fully saturated rings. The van der Waals surface area contributed by atoms with Crippen LogP contribution in [0, 0.1) is 6.92 Å². The largest absolute Gasteiger partial charge is 0.344 e. The van der Waals surface area contributed by atoms with Gasteiger partial charge in [0.25, 0.3) is 5.91 Å². The highest BCUT2D eigenvalue weighted by molar-refractivity contribution is 5.90. The Kier molecular flexibility index (Phi) is 2.91. The minimum Gasteiger partial charge on any atom is -0.344 e. The van der Waals surface area contributed by atoms with Crippen LogP contribution in [-0.4, -0.2) is 39.7 Å². The molecule has 1 saturated heterocycles. The van der Waals surface area contributed by atoms with Crippen LogP contribution in [-0.2, 0) is 0 Å². The van der Waals surface area contributed by atoms with Crippen LogP contribution in [0.25, 0.3) is 0 Å². The van der Waals surface area contributed by atoms with E-state index in [1.807, 2.05) is 0 Å². The summed E-state index contributed by atoms with van der Waals surface area (Å²) in [5.74, 6) is 0.673. The van der Waals surface area contributed by atoms with E-state index in [1.165, 1.54) is 0 Å². The minimum atomic E-state index is -0.200. The Morgan fingerprint density at radius 3 is 2.69 bits per heavy atom. The van der Waals surface area contributed by atoms with Gasteiger partial charge in [0.15, 0.2) is 0 Å². The summed E-state index contributed by atoms with van der Waals surface area (Å²) in [7, 11) is 0. The van der Waals surface area contributed by atoms with Gasteiger partial charge < -0.3 is 10.6 Å². The minimum absolute atomic E-state index is 0.142. The van der Waals surface area contributed by atoms with Crippen LogP contribution in [0.3, 0.4) is 0 Å². The summed E-state index contributed by atoms with van der Waals surface area (Å²) in [6.07, 6.45) is 1.87. The van der Waals surface area contributed by atoms with E-state index in [4.69, 9.17) is 0 Å². The van der Waals surface area contributed by atoms with Crippen LogP contribution < -0.4 is 10.6 Å². The highest BCUT2D eigenvalue weighted by atomic mass is 16.2. The molecule has 0 saturated carbocycles. The Morgan fingerprint density at radius 1 is 1.44 bits per heavy atom. The highest BCUT2D eigenvalue weighted by Gasteiger charge is 2.29. The number of piperidine rings is 1. The molecule has 3 N–H and O–H groups in total. The lowest BCUT2D eigenvalue weighted by Gasteiger charge is -2.34. The van der Waals surface area contributed by atoms with Gasteiger partial charge in [0.05, 0.1) is 0 Å². The smallest absolute Gasteiger partial charge is 0.291 e. The van der Waals surface area contributed by atoms with Gasteiger partial charge in [-0.3, -0.25) is 9.89 Å². The van der Waals surface area contributed by atoms with Gasteiger partial charge >= 0.3 is 0 Å². The summed E-state index contributed by atoms with van der Waals surface area (Å²) >= 11 is 0. The first-order valence-electron chi connectivity index (χ1n) is 5.51. The maximum atomic E-state index is 11.9. The van der Waals surface area contributed by atoms with Crippen molar-refractivity contribution in [3.05, 3.63) is 11.6 Å². The van der Waals surface area contributed by atoms with Crippen LogP contribution in [0.1, 0.15) is 36.2 Å². The van der Waals surface area contributed by atoms with Crippen molar-refractivity contribution in [1.29, 1.82) is 0 Å². The molecule has 1 aromatic rings. The molecule has 0 bridgehead atoms. The van der Waals surface area contributed by atoms with Crippen LogP contribution in [0.5, 0.6) is 0 Å². The van der Waals surface area contributed by atoms with E-state index in [-0.39, 0.29) is 17.3 Å². The van der Waals surface area contributed by atoms with Crippen LogP contribution >= 0.6 is 0 Å². The molecular weight excluding hydrogens is 206 g/mol. The Morgan fingerprint density at radius 2 is 2.12 bits per heavy atom. The average Bonchev–Trinajstić information content (AvgIpc) is 2.65. The van der Waals surface area contributed by atoms with Crippen molar-refractivity contribution >= 4 is 5.91 Å². The number of H-pyrrole nitrogens is 1. The predicted molar refractivity (Wildman–Crippen MR) is 59.1 cm³/mol. The summed E-state index contributed by atoms with van der Waals surface area (Å²) in [5, 5.41) is 12.8. The summed E-state index contributed by atoms with van der Waals surface area (Å²) in [6.45, 7) is 5.70. The van der Waals surface area contributed by atoms with E-state index in [0.29, 0.717) is 5.82 Å². The highest BCUT2D eigenvalue weighted by Crippen LogP contribution is 2.17. The SMILES string of the molecule is Cc1nc(C(=O)NC2(C)CCNCC2)n[nH]1. The number of nitrogens with zero attached hydrogens (tertiary/aromatic N) is 2. The summed E-state index contributed by atoms with van der Waals surface area (Å²) in [5.41, 5.74) is -0.142. The number of aryl methyl sites for hydroxylation is 1. The molecule has 1 aliphatic heterocycles. The van der Waals surface area contributed by atoms with Crippen molar-refractivity contribution < 1.29 is 4.79 Å². The first-order valence-corrected chi connectivity index (χ1v) is 5.51. The van der Waals surface area contributed by atoms with Gasteiger partial charge in [-0.05, 0) is 39.8 Å². The zero-order valence-electron chi connectivity index (χ0n) is 9.63. The van der Waals surface area contributed by atoms with Gasteiger partial charge in [0.2, 0.25) is 5.82 Å². The lowest BCUT2D eigenvalue weighted by Crippen LogP contribution is -2.52. The van der Waals surface area contributed by atoms with E-state index in [9.17, 15) is 4.79 Å². The van der Waals surface area contributed by atoms with Crippen LogP contribution in [0.15, 0.2) is 0 Å². The molecule has 16 heavy (non-hydrogen) atoms. The standard InChI is InChI=1S/C10H17N5O/c1-7-12-8(15-14-7)9(16)13-10(2)3-5-11-6-4-10/h11H,3-6H2,1-2H3,(H,13,16)(H,12,14,15). The zero-order valence-corrected chi connectivity index (χ0v) is 9.63. The number of hydrogen-bond acceptors (Lipinski definition) is 4. The quantitative estimate of drug-likeness (QED) is 0.658. The van der Waals surface area contributed by atoms with Gasteiger partial charge in [0.1, 0.15) is 5.82 Å². The topological polar surface area (TPSA) is 82.7 Å². The molecule has 1 aromatic heterocycles. The molecule has 0 radical (unpaired) electrons. The van der Waals surface area contributed by atoms with E-state index >= 15 is 0 Å². The third-order valence-corrected chi connectivity index (χ3v) is 2.92. The lowest BCUT2D eigenvalue weighted by atomic mass is 9.90. The Hall–Kier alpha value is -1.43. The maximum absolute atomic E-state index is 11.9. The fourth-order valence-electron chi connectivity index (χ4n) is 1.88. The van der Waals surface area contributed by atoms with Gasteiger partial charge in [-0.25, -0.2) is 4.98 Å². The van der Waals surface area contributed by atoms with Crippen molar-refractivity contribution in [2.24, 2.45) is 0 Å². The molecule has 6 heteroatoms. The van der Waals surface area contributed by atoms with Crippen molar-refractivity contribution in [2.45, 2.75) is 32.2 Å². The van der Waals surface area contributed by atoms with Crippen molar-refractivity contribution in [3.63, 3.8) is 0 Å². The van der Waals surface area contributed by atoms with E-state index in [1.54, 1.807) is 6.92 Å². The molecule has 2 heterocycles. The van der Waals surface area contributed by atoms with Crippen LogP contribution in [0.2, 0.25) is 0 Å². The Bertz CT molecular complexity index is 380. The fourth-order valence-corrected chi connectivity index (χ4v) is 1.88. The number of rotatable bonds is 2. The van der Waals surface area contributed by atoms with Crippen molar-refractivity contribution in [2.75, 3.05) is 13.1 Å². The molecule has 0 atom stereocenters. The number of nitrogens with one attached hydrogen (secondary N) is 3. The average molecular weight is 223 g/mol. The predicted octanol–water partition coefficient (Wildman–Crippen LogP) is -0.0150. The first kappa shape index (κ1) is 11.1.